The van der Waals surface area contributed by atoms with Crippen LogP contribution in [0.2, 0.25) is 0 Å². The fourth-order valence-electron chi connectivity index (χ4n) is 2.61. The van der Waals surface area contributed by atoms with Crippen molar-refractivity contribution in [2.24, 2.45) is 0 Å². The summed E-state index contributed by atoms with van der Waals surface area (Å²) >= 11 is 0. The van der Waals surface area contributed by atoms with Crippen molar-refractivity contribution in [1.29, 1.82) is 0 Å². The SMILES string of the molecule is Cc1cc(C)c(OCC(=O)N(C)Cc2ccccc2F)c(C)c1. The van der Waals surface area contributed by atoms with Gasteiger partial charge in [0.25, 0.3) is 5.91 Å². The highest BCUT2D eigenvalue weighted by Crippen LogP contribution is 2.24. The third kappa shape index (κ3) is 4.31. The van der Waals surface area contributed by atoms with Gasteiger partial charge in [0.2, 0.25) is 0 Å². The maximum Gasteiger partial charge on any atom is 0.260 e. The summed E-state index contributed by atoms with van der Waals surface area (Å²) in [5.41, 5.74) is 3.67. The Morgan fingerprint density at radius 2 is 1.74 bits per heavy atom. The van der Waals surface area contributed by atoms with Crippen LogP contribution in [0.5, 0.6) is 5.75 Å². The van der Waals surface area contributed by atoms with Crippen molar-refractivity contribution in [1.82, 2.24) is 4.90 Å². The Morgan fingerprint density at radius 1 is 1.13 bits per heavy atom. The second-order valence-corrected chi connectivity index (χ2v) is 5.86. The van der Waals surface area contributed by atoms with E-state index in [4.69, 9.17) is 4.74 Å². The van der Waals surface area contributed by atoms with E-state index in [1.807, 2.05) is 32.9 Å². The van der Waals surface area contributed by atoms with Crippen molar-refractivity contribution in [2.75, 3.05) is 13.7 Å². The molecule has 4 heteroatoms. The topological polar surface area (TPSA) is 29.5 Å². The van der Waals surface area contributed by atoms with Crippen LogP contribution in [0.3, 0.4) is 0 Å². The number of halogens is 1. The average Bonchev–Trinajstić information content (AvgIpc) is 2.48. The fraction of sp³-hybridized carbons (Fsp3) is 0.316. The summed E-state index contributed by atoms with van der Waals surface area (Å²) in [6.45, 7) is 6.11. The fourth-order valence-corrected chi connectivity index (χ4v) is 2.61. The Hall–Kier alpha value is -2.36. The van der Waals surface area contributed by atoms with Gasteiger partial charge in [-0.05, 0) is 38.0 Å². The number of aryl methyl sites for hydroxylation is 3. The molecular formula is C19H22FNO2. The summed E-state index contributed by atoms with van der Waals surface area (Å²) in [6, 6.07) is 10.5. The van der Waals surface area contributed by atoms with Gasteiger partial charge < -0.3 is 9.64 Å². The summed E-state index contributed by atoms with van der Waals surface area (Å²) in [5, 5.41) is 0. The van der Waals surface area contributed by atoms with Gasteiger partial charge in [0.15, 0.2) is 6.61 Å². The standard InChI is InChI=1S/C19H22FNO2/c1-13-9-14(2)19(15(3)10-13)23-12-18(22)21(4)11-16-7-5-6-8-17(16)20/h5-10H,11-12H2,1-4H3. The highest BCUT2D eigenvalue weighted by atomic mass is 19.1. The molecule has 0 fully saturated rings. The molecule has 3 nitrogen and oxygen atoms in total. The van der Waals surface area contributed by atoms with Gasteiger partial charge in [0.1, 0.15) is 11.6 Å². The Kier molecular flexibility index (Phi) is 5.37. The zero-order chi connectivity index (χ0) is 17.0. The van der Waals surface area contributed by atoms with Crippen LogP contribution in [-0.4, -0.2) is 24.5 Å². The lowest BCUT2D eigenvalue weighted by atomic mass is 10.1. The second kappa shape index (κ2) is 7.27. The minimum Gasteiger partial charge on any atom is -0.483 e. The van der Waals surface area contributed by atoms with Gasteiger partial charge in [0, 0.05) is 19.2 Å². The van der Waals surface area contributed by atoms with Crippen molar-refractivity contribution in [3.05, 3.63) is 64.5 Å². The van der Waals surface area contributed by atoms with Crippen LogP contribution >= 0.6 is 0 Å². The number of amides is 1. The Morgan fingerprint density at radius 3 is 2.35 bits per heavy atom. The van der Waals surface area contributed by atoms with Crippen LogP contribution in [0, 0.1) is 26.6 Å². The number of hydrogen-bond acceptors (Lipinski definition) is 2. The van der Waals surface area contributed by atoms with Crippen LogP contribution in [-0.2, 0) is 11.3 Å². The van der Waals surface area contributed by atoms with E-state index >= 15 is 0 Å². The minimum absolute atomic E-state index is 0.0598. The number of ether oxygens (including phenoxy) is 1. The molecular weight excluding hydrogens is 293 g/mol. The molecule has 0 aliphatic rings. The molecule has 0 spiro atoms. The lowest BCUT2D eigenvalue weighted by Gasteiger charge is -2.19. The maximum atomic E-state index is 13.6. The van der Waals surface area contributed by atoms with E-state index in [9.17, 15) is 9.18 Å². The van der Waals surface area contributed by atoms with Gasteiger partial charge in [-0.2, -0.15) is 0 Å². The molecule has 0 heterocycles. The maximum absolute atomic E-state index is 13.6. The van der Waals surface area contributed by atoms with Crippen LogP contribution in [0.1, 0.15) is 22.3 Å². The lowest BCUT2D eigenvalue weighted by molar-refractivity contribution is -0.132. The van der Waals surface area contributed by atoms with Gasteiger partial charge in [0.05, 0.1) is 0 Å². The van der Waals surface area contributed by atoms with Crippen LogP contribution in [0.4, 0.5) is 4.39 Å². The van der Waals surface area contributed by atoms with Crippen molar-refractivity contribution in [2.45, 2.75) is 27.3 Å². The summed E-state index contributed by atoms with van der Waals surface area (Å²) in [7, 11) is 1.65. The van der Waals surface area contributed by atoms with Crippen molar-refractivity contribution >= 4 is 5.91 Å². The monoisotopic (exact) mass is 315 g/mol. The number of benzene rings is 2. The molecule has 0 aliphatic carbocycles. The molecule has 0 saturated heterocycles. The molecule has 23 heavy (non-hydrogen) atoms. The molecule has 1 amide bonds. The molecule has 0 unspecified atom stereocenters. The Labute approximate surface area is 136 Å². The molecule has 0 atom stereocenters. The first-order valence-corrected chi connectivity index (χ1v) is 7.56. The first-order chi connectivity index (χ1) is 10.9. The molecule has 122 valence electrons. The molecule has 2 rings (SSSR count). The van der Waals surface area contributed by atoms with Crippen LogP contribution in [0.25, 0.3) is 0 Å². The second-order valence-electron chi connectivity index (χ2n) is 5.86. The molecule has 0 aromatic heterocycles. The van der Waals surface area contributed by atoms with Gasteiger partial charge in [-0.1, -0.05) is 35.9 Å². The summed E-state index contributed by atoms with van der Waals surface area (Å²) < 4.78 is 19.3. The van der Waals surface area contributed by atoms with Crippen molar-refractivity contribution in [3.8, 4) is 5.75 Å². The molecule has 0 radical (unpaired) electrons. The lowest BCUT2D eigenvalue weighted by Crippen LogP contribution is -2.31. The molecule has 0 saturated carbocycles. The van der Waals surface area contributed by atoms with E-state index in [-0.39, 0.29) is 24.9 Å². The normalized spacial score (nSPS) is 10.5. The highest BCUT2D eigenvalue weighted by Gasteiger charge is 2.14. The zero-order valence-electron chi connectivity index (χ0n) is 14.0. The highest BCUT2D eigenvalue weighted by molar-refractivity contribution is 5.77. The number of likely N-dealkylation sites (N-methyl/N-ethyl adjacent to an activating group) is 1. The predicted molar refractivity (Wildman–Crippen MR) is 89.0 cm³/mol. The molecule has 2 aromatic carbocycles. The van der Waals surface area contributed by atoms with E-state index < -0.39 is 0 Å². The van der Waals surface area contributed by atoms with E-state index in [0.29, 0.717) is 5.56 Å². The first kappa shape index (κ1) is 17.0. The Balaban J connectivity index is 1.98. The van der Waals surface area contributed by atoms with Gasteiger partial charge >= 0.3 is 0 Å². The summed E-state index contributed by atoms with van der Waals surface area (Å²) in [5.74, 6) is 0.245. The van der Waals surface area contributed by atoms with Gasteiger partial charge in [-0.25, -0.2) is 4.39 Å². The van der Waals surface area contributed by atoms with E-state index in [0.717, 1.165) is 22.4 Å². The summed E-state index contributed by atoms with van der Waals surface area (Å²) in [6.07, 6.45) is 0. The van der Waals surface area contributed by atoms with Crippen molar-refractivity contribution in [3.63, 3.8) is 0 Å². The third-order valence-electron chi connectivity index (χ3n) is 3.74. The number of rotatable bonds is 5. The third-order valence-corrected chi connectivity index (χ3v) is 3.74. The number of carbonyl (C=O) groups is 1. The van der Waals surface area contributed by atoms with Crippen molar-refractivity contribution < 1.29 is 13.9 Å². The van der Waals surface area contributed by atoms with Crippen LogP contribution < -0.4 is 4.74 Å². The summed E-state index contributed by atoms with van der Waals surface area (Å²) in [4.78, 5) is 13.7. The molecule has 2 aromatic rings. The zero-order valence-corrected chi connectivity index (χ0v) is 14.0. The quantitative estimate of drug-likeness (QED) is 0.840. The number of carbonyl (C=O) groups excluding carboxylic acids is 1. The number of nitrogens with zero attached hydrogens (tertiary/aromatic N) is 1. The minimum atomic E-state index is -0.307. The smallest absolute Gasteiger partial charge is 0.260 e. The van der Waals surface area contributed by atoms with Gasteiger partial charge in [-0.3, -0.25) is 4.79 Å². The van der Waals surface area contributed by atoms with Gasteiger partial charge in [-0.15, -0.1) is 0 Å². The van der Waals surface area contributed by atoms with E-state index in [1.165, 1.54) is 11.0 Å². The van der Waals surface area contributed by atoms with E-state index in [1.54, 1.807) is 25.2 Å². The average molecular weight is 315 g/mol. The number of hydrogen-bond donors (Lipinski definition) is 0. The Bertz CT molecular complexity index is 689. The first-order valence-electron chi connectivity index (χ1n) is 7.56. The predicted octanol–water partition coefficient (Wildman–Crippen LogP) is 3.79. The molecule has 0 N–H and O–H groups in total. The van der Waals surface area contributed by atoms with E-state index in [2.05, 4.69) is 0 Å². The molecule has 0 aliphatic heterocycles. The largest absolute Gasteiger partial charge is 0.483 e. The van der Waals surface area contributed by atoms with Crippen LogP contribution in [0.15, 0.2) is 36.4 Å². The molecule has 0 bridgehead atoms.